The van der Waals surface area contributed by atoms with Crippen molar-refractivity contribution in [3.8, 4) is 10.6 Å². The van der Waals surface area contributed by atoms with Gasteiger partial charge in [-0.05, 0) is 12.8 Å². The first-order chi connectivity index (χ1) is 12.3. The molecule has 1 aliphatic heterocycles. The number of nitrogens with two attached hydrogens (primary N) is 1. The number of aromatic nitrogens is 1. The number of piperidine rings is 1. The Morgan fingerprint density at radius 2 is 1.77 bits per heavy atom. The van der Waals surface area contributed by atoms with E-state index in [1.54, 1.807) is 30.3 Å². The fourth-order valence-corrected chi connectivity index (χ4v) is 3.93. The van der Waals surface area contributed by atoms with Gasteiger partial charge in [-0.1, -0.05) is 30.3 Å². The molecule has 3 rings (SSSR count). The molecule has 1 fully saturated rings. The Balaban J connectivity index is 1.90. The fourth-order valence-electron chi connectivity index (χ4n) is 2.87. The number of carbonyl (C=O) groups excluding carboxylic acids is 2. The molecule has 2 N–H and O–H groups in total. The van der Waals surface area contributed by atoms with Crippen molar-refractivity contribution in [2.45, 2.75) is 19.0 Å². The Kier molecular flexibility index (Phi) is 4.99. The summed E-state index contributed by atoms with van der Waals surface area (Å²) >= 11 is 0.734. The Hall–Kier alpha value is -2.42. The molecule has 26 heavy (non-hydrogen) atoms. The third kappa shape index (κ3) is 3.72. The van der Waals surface area contributed by atoms with Crippen molar-refractivity contribution in [1.82, 2.24) is 9.88 Å². The van der Waals surface area contributed by atoms with E-state index in [9.17, 15) is 22.8 Å². The van der Waals surface area contributed by atoms with Crippen LogP contribution >= 0.6 is 11.3 Å². The molecule has 0 aliphatic carbocycles. The van der Waals surface area contributed by atoms with E-state index in [1.165, 1.54) is 4.90 Å². The van der Waals surface area contributed by atoms with Gasteiger partial charge in [0.15, 0.2) is 5.69 Å². The topological polar surface area (TPSA) is 76.3 Å². The zero-order valence-electron chi connectivity index (χ0n) is 13.6. The van der Waals surface area contributed by atoms with E-state index >= 15 is 0 Å². The molecule has 1 saturated heterocycles. The normalized spacial score (nSPS) is 15.9. The van der Waals surface area contributed by atoms with Crippen molar-refractivity contribution in [2.75, 3.05) is 13.1 Å². The van der Waals surface area contributed by atoms with Gasteiger partial charge in [0.2, 0.25) is 5.91 Å². The molecule has 1 aromatic heterocycles. The molecule has 0 radical (unpaired) electrons. The molecule has 0 bridgehead atoms. The smallest absolute Gasteiger partial charge is 0.369 e. The van der Waals surface area contributed by atoms with Crippen molar-refractivity contribution in [1.29, 1.82) is 0 Å². The molecule has 0 unspecified atom stereocenters. The van der Waals surface area contributed by atoms with Crippen LogP contribution in [-0.4, -0.2) is 34.8 Å². The average molecular weight is 383 g/mol. The van der Waals surface area contributed by atoms with Gasteiger partial charge in [0.1, 0.15) is 9.88 Å². The van der Waals surface area contributed by atoms with E-state index in [0.29, 0.717) is 18.4 Å². The Morgan fingerprint density at radius 1 is 1.15 bits per heavy atom. The van der Waals surface area contributed by atoms with Gasteiger partial charge in [0, 0.05) is 24.6 Å². The van der Waals surface area contributed by atoms with Crippen molar-refractivity contribution in [3.05, 3.63) is 40.9 Å². The van der Waals surface area contributed by atoms with Crippen LogP contribution in [0.2, 0.25) is 0 Å². The van der Waals surface area contributed by atoms with Crippen LogP contribution in [0.15, 0.2) is 30.3 Å². The lowest BCUT2D eigenvalue weighted by Crippen LogP contribution is -2.42. The summed E-state index contributed by atoms with van der Waals surface area (Å²) in [5, 5.41) is 0.147. The number of thiazole rings is 1. The van der Waals surface area contributed by atoms with Crippen LogP contribution in [0.4, 0.5) is 13.2 Å². The van der Waals surface area contributed by atoms with Crippen molar-refractivity contribution >= 4 is 23.2 Å². The standard InChI is InChI=1S/C17H16F3N3O2S/c18-17(19,20)13-12(26-15(22-13)11-4-2-1-3-5-11)16(25)23-8-6-10(7-9-23)14(21)24/h1-5,10H,6-9H2,(H2,21,24). The van der Waals surface area contributed by atoms with Crippen LogP contribution in [0.1, 0.15) is 28.2 Å². The third-order valence-electron chi connectivity index (χ3n) is 4.30. The molecular weight excluding hydrogens is 367 g/mol. The summed E-state index contributed by atoms with van der Waals surface area (Å²) in [5.74, 6) is -1.50. The van der Waals surface area contributed by atoms with Crippen LogP contribution in [0.25, 0.3) is 10.6 Å². The van der Waals surface area contributed by atoms with Gasteiger partial charge in [-0.25, -0.2) is 4.98 Å². The summed E-state index contributed by atoms with van der Waals surface area (Å²) in [7, 11) is 0. The number of hydrogen-bond donors (Lipinski definition) is 1. The van der Waals surface area contributed by atoms with Gasteiger partial charge in [-0.15, -0.1) is 11.3 Å². The third-order valence-corrected chi connectivity index (χ3v) is 5.39. The number of rotatable bonds is 3. The van der Waals surface area contributed by atoms with Crippen molar-refractivity contribution < 1.29 is 22.8 Å². The first kappa shape index (κ1) is 18.4. The second-order valence-electron chi connectivity index (χ2n) is 6.03. The number of primary amides is 1. The Bertz CT molecular complexity index is 812. The maximum absolute atomic E-state index is 13.4. The van der Waals surface area contributed by atoms with Gasteiger partial charge in [-0.2, -0.15) is 13.2 Å². The summed E-state index contributed by atoms with van der Waals surface area (Å²) in [6.45, 7) is 0.393. The molecule has 1 aliphatic rings. The minimum absolute atomic E-state index is 0.147. The van der Waals surface area contributed by atoms with E-state index in [0.717, 1.165) is 11.3 Å². The molecule has 2 aromatic rings. The van der Waals surface area contributed by atoms with E-state index in [-0.39, 0.29) is 24.0 Å². The molecule has 2 heterocycles. The van der Waals surface area contributed by atoms with Gasteiger partial charge in [0.05, 0.1) is 0 Å². The van der Waals surface area contributed by atoms with Crippen molar-refractivity contribution in [2.24, 2.45) is 11.7 Å². The quantitative estimate of drug-likeness (QED) is 0.885. The summed E-state index contributed by atoms with van der Waals surface area (Å²) in [5.41, 5.74) is 4.61. The van der Waals surface area contributed by atoms with Gasteiger partial charge in [-0.3, -0.25) is 9.59 Å². The highest BCUT2D eigenvalue weighted by Crippen LogP contribution is 2.38. The number of likely N-dealkylation sites (tertiary alicyclic amines) is 1. The van der Waals surface area contributed by atoms with Crippen molar-refractivity contribution in [3.63, 3.8) is 0 Å². The maximum atomic E-state index is 13.4. The fraction of sp³-hybridized carbons (Fsp3) is 0.353. The summed E-state index contributed by atoms with van der Waals surface area (Å²) in [6, 6.07) is 8.42. The zero-order chi connectivity index (χ0) is 18.9. The Morgan fingerprint density at radius 3 is 2.31 bits per heavy atom. The molecule has 0 saturated carbocycles. The molecule has 5 nitrogen and oxygen atoms in total. The van der Waals surface area contributed by atoms with Crippen LogP contribution in [-0.2, 0) is 11.0 Å². The lowest BCUT2D eigenvalue weighted by atomic mass is 9.96. The number of hydrogen-bond acceptors (Lipinski definition) is 4. The summed E-state index contributed by atoms with van der Waals surface area (Å²) < 4.78 is 40.2. The number of carbonyl (C=O) groups is 2. The largest absolute Gasteiger partial charge is 0.435 e. The second-order valence-corrected chi connectivity index (χ2v) is 7.03. The zero-order valence-corrected chi connectivity index (χ0v) is 14.4. The van der Waals surface area contributed by atoms with Gasteiger partial charge >= 0.3 is 6.18 Å². The number of halogens is 3. The lowest BCUT2D eigenvalue weighted by Gasteiger charge is -2.30. The van der Waals surface area contributed by atoms with E-state index in [2.05, 4.69) is 4.98 Å². The van der Waals surface area contributed by atoms with Crippen LogP contribution in [0.3, 0.4) is 0 Å². The number of benzene rings is 1. The minimum Gasteiger partial charge on any atom is -0.369 e. The van der Waals surface area contributed by atoms with Gasteiger partial charge < -0.3 is 10.6 Å². The highest BCUT2D eigenvalue weighted by Gasteiger charge is 2.41. The molecule has 1 aromatic carbocycles. The molecule has 2 amide bonds. The highest BCUT2D eigenvalue weighted by molar-refractivity contribution is 7.17. The molecule has 0 atom stereocenters. The average Bonchev–Trinajstić information content (AvgIpc) is 3.08. The molecule has 9 heteroatoms. The minimum atomic E-state index is -4.72. The second kappa shape index (κ2) is 7.06. The lowest BCUT2D eigenvalue weighted by molar-refractivity contribution is -0.141. The number of alkyl halides is 3. The molecule has 0 spiro atoms. The first-order valence-electron chi connectivity index (χ1n) is 7.99. The van der Waals surface area contributed by atoms with Gasteiger partial charge in [0.25, 0.3) is 5.91 Å². The van der Waals surface area contributed by atoms with E-state index in [1.807, 2.05) is 0 Å². The Labute approximate surface area is 151 Å². The number of nitrogens with zero attached hydrogens (tertiary/aromatic N) is 2. The van der Waals surface area contributed by atoms with Crippen LogP contribution in [0, 0.1) is 5.92 Å². The highest BCUT2D eigenvalue weighted by atomic mass is 32.1. The molecular formula is C17H16F3N3O2S. The SMILES string of the molecule is NC(=O)C1CCN(C(=O)c2sc(-c3ccccc3)nc2C(F)(F)F)CC1. The number of amides is 2. The van der Waals surface area contributed by atoms with E-state index < -0.39 is 28.6 Å². The summed E-state index contributed by atoms with van der Waals surface area (Å²) in [4.78, 5) is 28.5. The van der Waals surface area contributed by atoms with Crippen LogP contribution in [0.5, 0.6) is 0 Å². The molecule has 138 valence electrons. The van der Waals surface area contributed by atoms with Crippen LogP contribution < -0.4 is 5.73 Å². The monoisotopic (exact) mass is 383 g/mol. The maximum Gasteiger partial charge on any atom is 0.435 e. The van der Waals surface area contributed by atoms with E-state index in [4.69, 9.17) is 5.73 Å². The predicted molar refractivity (Wildman–Crippen MR) is 90.4 cm³/mol. The predicted octanol–water partition coefficient (Wildman–Crippen LogP) is 3.17. The summed E-state index contributed by atoms with van der Waals surface area (Å²) in [6.07, 6.45) is -4.01. The first-order valence-corrected chi connectivity index (χ1v) is 8.81.